The second-order valence-electron chi connectivity index (χ2n) is 2.52. The van der Waals surface area contributed by atoms with E-state index in [1.165, 1.54) is 5.56 Å². The summed E-state index contributed by atoms with van der Waals surface area (Å²) >= 11 is 2.90. The highest BCUT2D eigenvalue weighted by Crippen LogP contribution is 2.06. The van der Waals surface area contributed by atoms with Crippen molar-refractivity contribution in [2.45, 2.75) is 13.3 Å². The molecule has 0 atom stereocenters. The van der Waals surface area contributed by atoms with Crippen molar-refractivity contribution < 1.29 is 4.79 Å². The quantitative estimate of drug-likeness (QED) is 0.689. The summed E-state index contributed by atoms with van der Waals surface area (Å²) in [5.74, 6) is 0. The van der Waals surface area contributed by atoms with E-state index in [9.17, 15) is 4.79 Å². The third kappa shape index (κ3) is 2.85. The van der Waals surface area contributed by atoms with Gasteiger partial charge in [-0.05, 0) is 28.4 Å². The summed E-state index contributed by atoms with van der Waals surface area (Å²) in [6.45, 7) is 2.02. The zero-order valence-corrected chi connectivity index (χ0v) is 7.89. The van der Waals surface area contributed by atoms with Crippen molar-refractivity contribution in [1.29, 1.82) is 0 Å². The van der Waals surface area contributed by atoms with Gasteiger partial charge in [0.25, 0.3) is 0 Å². The molecule has 11 heavy (non-hydrogen) atoms. The minimum Gasteiger partial charge on any atom is -0.286 e. The van der Waals surface area contributed by atoms with E-state index in [0.717, 1.165) is 5.56 Å². The highest BCUT2D eigenvalue weighted by atomic mass is 79.9. The minimum atomic E-state index is 0.0306. The highest BCUT2D eigenvalue weighted by Gasteiger charge is 1.97. The Hall–Kier alpha value is -0.630. The summed E-state index contributed by atoms with van der Waals surface area (Å²) in [7, 11) is 0. The molecule has 0 bridgehead atoms. The number of hydrogen-bond donors (Lipinski definition) is 0. The summed E-state index contributed by atoms with van der Waals surface area (Å²) < 4.78 is 0.0306. The molecule has 0 N–H and O–H groups in total. The van der Waals surface area contributed by atoms with E-state index in [0.29, 0.717) is 6.42 Å². The predicted octanol–water partition coefficient (Wildman–Crippen LogP) is 2.46. The molecule has 2 heteroatoms. The van der Waals surface area contributed by atoms with Gasteiger partial charge in [0.05, 0.1) is 0 Å². The van der Waals surface area contributed by atoms with Crippen molar-refractivity contribution in [2.75, 3.05) is 0 Å². The average Bonchev–Trinajstić information content (AvgIpc) is 1.85. The molecule has 1 aromatic carbocycles. The van der Waals surface area contributed by atoms with Gasteiger partial charge in [0.1, 0.15) is 0 Å². The molecule has 58 valence electrons. The average molecular weight is 213 g/mol. The highest BCUT2D eigenvalue weighted by molar-refractivity contribution is 9.18. The van der Waals surface area contributed by atoms with Crippen LogP contribution in [-0.4, -0.2) is 4.69 Å². The lowest BCUT2D eigenvalue weighted by Gasteiger charge is -1.96. The number of carbonyl (C=O) groups excluding carboxylic acids is 1. The van der Waals surface area contributed by atoms with Crippen LogP contribution < -0.4 is 0 Å². The number of carbonyl (C=O) groups is 1. The smallest absolute Gasteiger partial charge is 0.202 e. The molecule has 0 heterocycles. The van der Waals surface area contributed by atoms with Gasteiger partial charge in [0, 0.05) is 6.42 Å². The maximum absolute atomic E-state index is 10.6. The zero-order valence-electron chi connectivity index (χ0n) is 6.30. The Kier molecular flexibility index (Phi) is 2.83. The molecule has 1 nitrogen and oxygen atoms in total. The Bertz CT molecular complexity index is 268. The van der Waals surface area contributed by atoms with E-state index < -0.39 is 0 Å². The summed E-state index contributed by atoms with van der Waals surface area (Å²) in [5, 5.41) is 0. The van der Waals surface area contributed by atoms with Crippen LogP contribution in [0.4, 0.5) is 0 Å². The lowest BCUT2D eigenvalue weighted by molar-refractivity contribution is -0.109. The van der Waals surface area contributed by atoms with Gasteiger partial charge in [-0.15, -0.1) is 0 Å². The van der Waals surface area contributed by atoms with Crippen molar-refractivity contribution in [3.63, 3.8) is 0 Å². The van der Waals surface area contributed by atoms with Crippen molar-refractivity contribution in [2.24, 2.45) is 0 Å². The molecule has 0 aliphatic heterocycles. The van der Waals surface area contributed by atoms with E-state index in [4.69, 9.17) is 0 Å². The molecule has 0 fully saturated rings. The largest absolute Gasteiger partial charge is 0.286 e. The molecule has 0 saturated heterocycles. The van der Waals surface area contributed by atoms with Gasteiger partial charge in [-0.1, -0.05) is 29.8 Å². The Morgan fingerprint density at radius 2 is 2.27 bits per heavy atom. The molecule has 0 aromatic heterocycles. The first-order valence-electron chi connectivity index (χ1n) is 3.42. The first kappa shape index (κ1) is 8.47. The van der Waals surface area contributed by atoms with Crippen LogP contribution in [0.1, 0.15) is 11.1 Å². The van der Waals surface area contributed by atoms with Crippen LogP contribution >= 0.6 is 15.9 Å². The van der Waals surface area contributed by atoms with Crippen LogP contribution in [0, 0.1) is 6.92 Å². The third-order valence-electron chi connectivity index (χ3n) is 1.43. The number of halogens is 1. The van der Waals surface area contributed by atoms with Gasteiger partial charge in [0.2, 0.25) is 4.69 Å². The number of hydrogen-bond acceptors (Lipinski definition) is 1. The maximum atomic E-state index is 10.6. The van der Waals surface area contributed by atoms with Crippen LogP contribution in [0.25, 0.3) is 0 Å². The topological polar surface area (TPSA) is 17.1 Å². The third-order valence-corrected chi connectivity index (χ3v) is 1.71. The number of rotatable bonds is 2. The lowest BCUT2D eigenvalue weighted by Crippen LogP contribution is -1.92. The maximum Gasteiger partial charge on any atom is 0.202 e. The minimum absolute atomic E-state index is 0.0306. The lowest BCUT2D eigenvalue weighted by atomic mass is 10.1. The fraction of sp³-hybridized carbons (Fsp3) is 0.222. The first-order valence-corrected chi connectivity index (χ1v) is 4.21. The van der Waals surface area contributed by atoms with Gasteiger partial charge in [-0.3, -0.25) is 4.79 Å². The fourth-order valence-electron chi connectivity index (χ4n) is 0.983. The van der Waals surface area contributed by atoms with Gasteiger partial charge < -0.3 is 0 Å². The number of benzene rings is 1. The monoisotopic (exact) mass is 212 g/mol. The van der Waals surface area contributed by atoms with Gasteiger partial charge in [-0.2, -0.15) is 0 Å². The Labute approximate surface area is 74.6 Å². The molecular formula is C9H9BrO. The summed E-state index contributed by atoms with van der Waals surface area (Å²) in [5.41, 5.74) is 2.25. The predicted molar refractivity (Wildman–Crippen MR) is 48.8 cm³/mol. The van der Waals surface area contributed by atoms with Gasteiger partial charge >= 0.3 is 0 Å². The number of aryl methyl sites for hydroxylation is 1. The van der Waals surface area contributed by atoms with E-state index in [1.54, 1.807) is 0 Å². The first-order chi connectivity index (χ1) is 5.18. The molecule has 0 aliphatic carbocycles. The van der Waals surface area contributed by atoms with E-state index >= 15 is 0 Å². The molecule has 0 radical (unpaired) electrons. The normalized spacial score (nSPS) is 9.64. The summed E-state index contributed by atoms with van der Waals surface area (Å²) in [6, 6.07) is 7.94. The fourth-order valence-corrected chi connectivity index (χ4v) is 1.31. The van der Waals surface area contributed by atoms with E-state index in [-0.39, 0.29) is 4.69 Å². The van der Waals surface area contributed by atoms with Crippen molar-refractivity contribution in [3.05, 3.63) is 35.4 Å². The Morgan fingerprint density at radius 1 is 1.55 bits per heavy atom. The van der Waals surface area contributed by atoms with E-state index in [2.05, 4.69) is 15.9 Å². The van der Waals surface area contributed by atoms with E-state index in [1.807, 2.05) is 31.2 Å². The molecule has 1 aromatic rings. The standard InChI is InChI=1S/C9H9BrO/c1-7-3-2-4-8(5-7)6-9(10)11/h2-5H,6H2,1H3. The molecule has 0 unspecified atom stereocenters. The van der Waals surface area contributed by atoms with Gasteiger partial charge in [-0.25, -0.2) is 0 Å². The second kappa shape index (κ2) is 3.67. The second-order valence-corrected chi connectivity index (χ2v) is 3.41. The zero-order chi connectivity index (χ0) is 8.27. The molecular weight excluding hydrogens is 204 g/mol. The van der Waals surface area contributed by atoms with Crippen molar-refractivity contribution >= 4 is 20.6 Å². The van der Waals surface area contributed by atoms with Crippen LogP contribution in [0.15, 0.2) is 24.3 Å². The van der Waals surface area contributed by atoms with Crippen LogP contribution in [-0.2, 0) is 11.2 Å². The summed E-state index contributed by atoms with van der Waals surface area (Å²) in [4.78, 5) is 10.6. The Balaban J connectivity index is 2.79. The Morgan fingerprint density at radius 3 is 2.82 bits per heavy atom. The SMILES string of the molecule is Cc1cccc(CC(=O)Br)c1. The molecule has 1 rings (SSSR count). The van der Waals surface area contributed by atoms with Crippen LogP contribution in [0.2, 0.25) is 0 Å². The van der Waals surface area contributed by atoms with Crippen LogP contribution in [0.3, 0.4) is 0 Å². The molecule has 0 amide bonds. The summed E-state index contributed by atoms with van der Waals surface area (Å²) in [6.07, 6.45) is 0.474. The van der Waals surface area contributed by atoms with Crippen molar-refractivity contribution in [3.8, 4) is 0 Å². The molecule has 0 spiro atoms. The van der Waals surface area contributed by atoms with Crippen molar-refractivity contribution in [1.82, 2.24) is 0 Å². The molecule has 0 saturated carbocycles. The van der Waals surface area contributed by atoms with Gasteiger partial charge in [0.15, 0.2) is 0 Å². The molecule has 0 aliphatic rings. The van der Waals surface area contributed by atoms with Crippen LogP contribution in [0.5, 0.6) is 0 Å².